The molecule has 0 spiro atoms. The molecule has 0 radical (unpaired) electrons. The molecular weight excluding hydrogens is 484 g/mol. The molecule has 9 nitrogen and oxygen atoms in total. The number of sulfonamides is 1. The van der Waals surface area contributed by atoms with Gasteiger partial charge in [0.05, 0.1) is 24.7 Å². The van der Waals surface area contributed by atoms with Gasteiger partial charge >= 0.3 is 0 Å². The number of nitrogens with one attached hydrogen (secondary N) is 1. The third-order valence-electron chi connectivity index (χ3n) is 4.67. The van der Waals surface area contributed by atoms with Crippen LogP contribution in [0.25, 0.3) is 0 Å². The summed E-state index contributed by atoms with van der Waals surface area (Å²) in [6.07, 6.45) is 0. The van der Waals surface area contributed by atoms with Crippen molar-refractivity contribution >= 4 is 44.2 Å². The normalized spacial score (nSPS) is 14.7. The molecule has 0 aliphatic carbocycles. The van der Waals surface area contributed by atoms with E-state index in [0.29, 0.717) is 53.7 Å². The standard InChI is InChI=1S/C21H22N4O5S3/c26-19(16-6-8-18(9-7-16)33(27,28)25-10-12-29-13-11-25)22-20-23-24-21(32-20)31-15-14-30-17-4-2-1-3-5-17/h1-9H,10-15H2,(H,22,23,26). The van der Waals surface area contributed by atoms with Gasteiger partial charge in [-0.2, -0.15) is 4.31 Å². The smallest absolute Gasteiger partial charge is 0.257 e. The van der Waals surface area contributed by atoms with Gasteiger partial charge in [-0.05, 0) is 36.4 Å². The van der Waals surface area contributed by atoms with Crippen LogP contribution in [0.2, 0.25) is 0 Å². The lowest BCUT2D eigenvalue weighted by atomic mass is 10.2. The number of aromatic nitrogens is 2. The third-order valence-corrected chi connectivity index (χ3v) is 8.52. The SMILES string of the molecule is O=C(Nc1nnc(SCCOc2ccccc2)s1)c1ccc(S(=O)(=O)N2CCOCC2)cc1. The van der Waals surface area contributed by atoms with Crippen LogP contribution in [0.1, 0.15) is 10.4 Å². The summed E-state index contributed by atoms with van der Waals surface area (Å²) in [7, 11) is -3.60. The minimum Gasteiger partial charge on any atom is -0.493 e. The number of anilines is 1. The highest BCUT2D eigenvalue weighted by Gasteiger charge is 2.26. The molecule has 33 heavy (non-hydrogen) atoms. The number of para-hydroxylation sites is 1. The van der Waals surface area contributed by atoms with Crippen molar-refractivity contribution in [3.63, 3.8) is 0 Å². The zero-order valence-electron chi connectivity index (χ0n) is 17.5. The highest BCUT2D eigenvalue weighted by Crippen LogP contribution is 2.26. The maximum absolute atomic E-state index is 12.7. The van der Waals surface area contributed by atoms with Crippen LogP contribution in [-0.4, -0.2) is 67.5 Å². The Kier molecular flexibility index (Phi) is 7.93. The van der Waals surface area contributed by atoms with Crippen molar-refractivity contribution in [1.29, 1.82) is 0 Å². The molecule has 2 aromatic carbocycles. The van der Waals surface area contributed by atoms with Crippen molar-refractivity contribution in [2.45, 2.75) is 9.24 Å². The van der Waals surface area contributed by atoms with E-state index in [2.05, 4.69) is 15.5 Å². The summed E-state index contributed by atoms with van der Waals surface area (Å²) in [5, 5.41) is 11.1. The molecule has 0 unspecified atom stereocenters. The molecule has 12 heteroatoms. The Bertz CT molecular complexity index is 1160. The number of hydrogen-bond donors (Lipinski definition) is 1. The van der Waals surface area contributed by atoms with Gasteiger partial charge in [0.1, 0.15) is 5.75 Å². The van der Waals surface area contributed by atoms with Gasteiger partial charge in [0.25, 0.3) is 5.91 Å². The second-order valence-electron chi connectivity index (χ2n) is 6.88. The second-order valence-corrected chi connectivity index (χ2v) is 11.1. The average Bonchev–Trinajstić information content (AvgIpc) is 3.30. The van der Waals surface area contributed by atoms with Gasteiger partial charge in [0, 0.05) is 24.4 Å². The fourth-order valence-corrected chi connectivity index (χ4v) is 6.05. The molecule has 1 N–H and O–H groups in total. The molecule has 1 fully saturated rings. The number of nitrogens with zero attached hydrogens (tertiary/aromatic N) is 3. The zero-order chi connectivity index (χ0) is 23.1. The van der Waals surface area contributed by atoms with E-state index in [1.807, 2.05) is 30.3 Å². The van der Waals surface area contributed by atoms with Gasteiger partial charge < -0.3 is 9.47 Å². The number of amides is 1. The molecule has 2 heterocycles. The van der Waals surface area contributed by atoms with E-state index in [1.54, 1.807) is 0 Å². The van der Waals surface area contributed by atoms with Crippen LogP contribution in [0.3, 0.4) is 0 Å². The van der Waals surface area contributed by atoms with Crippen molar-refractivity contribution in [3.8, 4) is 5.75 Å². The molecule has 4 rings (SSSR count). The van der Waals surface area contributed by atoms with Crippen LogP contribution in [-0.2, 0) is 14.8 Å². The van der Waals surface area contributed by atoms with E-state index >= 15 is 0 Å². The summed E-state index contributed by atoms with van der Waals surface area (Å²) in [5.41, 5.74) is 0.330. The predicted molar refractivity (Wildman–Crippen MR) is 127 cm³/mol. The topological polar surface area (TPSA) is 111 Å². The van der Waals surface area contributed by atoms with Gasteiger partial charge in [-0.1, -0.05) is 41.3 Å². The summed E-state index contributed by atoms with van der Waals surface area (Å²) in [4.78, 5) is 12.7. The number of carbonyl (C=O) groups excluding carboxylic acids is 1. The third kappa shape index (κ3) is 6.30. The monoisotopic (exact) mass is 506 g/mol. The minimum absolute atomic E-state index is 0.147. The fourth-order valence-electron chi connectivity index (χ4n) is 3.01. The summed E-state index contributed by atoms with van der Waals surface area (Å²) in [6.45, 7) is 1.92. The first-order chi connectivity index (χ1) is 16.0. The highest BCUT2D eigenvalue weighted by atomic mass is 32.2. The molecule has 174 valence electrons. The molecule has 1 aromatic heterocycles. The number of rotatable bonds is 9. The number of morpholine rings is 1. The van der Waals surface area contributed by atoms with Crippen LogP contribution in [0, 0.1) is 0 Å². The van der Waals surface area contributed by atoms with Gasteiger partial charge in [-0.15, -0.1) is 10.2 Å². The van der Waals surface area contributed by atoms with Gasteiger partial charge in [0.2, 0.25) is 15.2 Å². The number of benzene rings is 2. The lowest BCUT2D eigenvalue weighted by Gasteiger charge is -2.26. The summed E-state index contributed by atoms with van der Waals surface area (Å²) in [6, 6.07) is 15.4. The average molecular weight is 507 g/mol. The Balaban J connectivity index is 1.28. The van der Waals surface area contributed by atoms with E-state index in [4.69, 9.17) is 9.47 Å². The van der Waals surface area contributed by atoms with Crippen molar-refractivity contribution < 1.29 is 22.7 Å². The van der Waals surface area contributed by atoms with Crippen molar-refractivity contribution in [3.05, 3.63) is 60.2 Å². The first-order valence-corrected chi connectivity index (χ1v) is 13.4. The molecular formula is C21H22N4O5S3. The van der Waals surface area contributed by atoms with Crippen LogP contribution in [0.5, 0.6) is 5.75 Å². The number of hydrogen-bond acceptors (Lipinski definition) is 9. The van der Waals surface area contributed by atoms with E-state index < -0.39 is 10.0 Å². The Hall–Kier alpha value is -2.51. The van der Waals surface area contributed by atoms with E-state index in [1.165, 1.54) is 51.7 Å². The molecule has 0 atom stereocenters. The Morgan fingerprint density at radius 1 is 1.09 bits per heavy atom. The largest absolute Gasteiger partial charge is 0.493 e. The quantitative estimate of drug-likeness (QED) is 0.268. The molecule has 1 aliphatic rings. The maximum Gasteiger partial charge on any atom is 0.257 e. The van der Waals surface area contributed by atoms with Gasteiger partial charge in [0.15, 0.2) is 4.34 Å². The van der Waals surface area contributed by atoms with Crippen molar-refractivity contribution in [1.82, 2.24) is 14.5 Å². The molecule has 0 bridgehead atoms. The molecule has 0 saturated carbocycles. The van der Waals surface area contributed by atoms with Crippen LogP contribution in [0.4, 0.5) is 5.13 Å². The van der Waals surface area contributed by atoms with Crippen LogP contribution >= 0.6 is 23.1 Å². The van der Waals surface area contributed by atoms with Crippen LogP contribution in [0.15, 0.2) is 63.8 Å². The Morgan fingerprint density at radius 3 is 2.55 bits per heavy atom. The summed E-state index contributed by atoms with van der Waals surface area (Å²) >= 11 is 2.76. The molecule has 1 saturated heterocycles. The number of carbonyl (C=O) groups is 1. The van der Waals surface area contributed by atoms with Gasteiger partial charge in [-0.3, -0.25) is 10.1 Å². The van der Waals surface area contributed by atoms with E-state index in [-0.39, 0.29) is 10.8 Å². The van der Waals surface area contributed by atoms with Crippen molar-refractivity contribution in [2.75, 3.05) is 44.0 Å². The second kappa shape index (κ2) is 11.1. The first kappa shape index (κ1) is 23.6. The van der Waals surface area contributed by atoms with E-state index in [0.717, 1.165) is 5.75 Å². The Morgan fingerprint density at radius 2 is 1.82 bits per heavy atom. The molecule has 3 aromatic rings. The fraction of sp³-hybridized carbons (Fsp3) is 0.286. The number of ether oxygens (including phenoxy) is 2. The predicted octanol–water partition coefficient (Wildman–Crippen LogP) is 2.98. The van der Waals surface area contributed by atoms with Crippen molar-refractivity contribution in [2.24, 2.45) is 0 Å². The highest BCUT2D eigenvalue weighted by molar-refractivity contribution is 8.01. The summed E-state index contributed by atoms with van der Waals surface area (Å²) < 4.78 is 38.3. The molecule has 1 aliphatic heterocycles. The molecule has 1 amide bonds. The Labute approximate surface area is 200 Å². The lowest BCUT2D eigenvalue weighted by Crippen LogP contribution is -2.40. The minimum atomic E-state index is -3.60. The zero-order valence-corrected chi connectivity index (χ0v) is 20.0. The first-order valence-electron chi connectivity index (χ1n) is 10.2. The van der Waals surface area contributed by atoms with Gasteiger partial charge in [-0.25, -0.2) is 8.42 Å². The lowest BCUT2D eigenvalue weighted by molar-refractivity contribution is 0.0730. The van der Waals surface area contributed by atoms with Crippen LogP contribution < -0.4 is 10.1 Å². The van der Waals surface area contributed by atoms with E-state index in [9.17, 15) is 13.2 Å². The number of thioether (sulfide) groups is 1. The summed E-state index contributed by atoms with van der Waals surface area (Å²) in [5.74, 6) is 1.12. The maximum atomic E-state index is 12.7.